The van der Waals surface area contributed by atoms with Crippen molar-refractivity contribution in [2.45, 2.75) is 12.8 Å². The van der Waals surface area contributed by atoms with Crippen molar-refractivity contribution >= 4 is 11.9 Å². The maximum atomic E-state index is 11.4. The van der Waals surface area contributed by atoms with Crippen molar-refractivity contribution in [1.82, 2.24) is 0 Å². The summed E-state index contributed by atoms with van der Waals surface area (Å²) < 4.78 is 9.49. The third kappa shape index (κ3) is 3.13. The molecule has 0 radical (unpaired) electrons. The van der Waals surface area contributed by atoms with Crippen molar-refractivity contribution in [3.8, 4) is 11.5 Å². The maximum absolute atomic E-state index is 11.4. The number of aryl methyl sites for hydroxylation is 1. The molecule has 0 aliphatic carbocycles. The number of carbonyl (C=O) groups excluding carboxylic acids is 1. The molecule has 0 amide bonds. The Morgan fingerprint density at radius 3 is 2.44 bits per heavy atom. The minimum atomic E-state index is -0.989. The van der Waals surface area contributed by atoms with Gasteiger partial charge in [-0.25, -0.2) is 4.79 Å². The Balaban J connectivity index is 3.14. The van der Waals surface area contributed by atoms with Crippen LogP contribution in [0.15, 0.2) is 12.1 Å². The highest BCUT2D eigenvalue weighted by Crippen LogP contribution is 2.32. The van der Waals surface area contributed by atoms with Crippen LogP contribution in [0.4, 0.5) is 0 Å². The number of hydrogen-bond acceptors (Lipinski definition) is 5. The van der Waals surface area contributed by atoms with Gasteiger partial charge in [0.15, 0.2) is 11.5 Å². The molecule has 0 bridgehead atoms. The van der Waals surface area contributed by atoms with Crippen LogP contribution in [-0.2, 0) is 16.0 Å². The fourth-order valence-electron chi connectivity index (χ4n) is 1.49. The first-order chi connectivity index (χ1) is 8.49. The molecule has 0 aromatic heterocycles. The molecule has 0 saturated heterocycles. The number of aliphatic carboxylic acids is 1. The van der Waals surface area contributed by atoms with Gasteiger partial charge in [-0.2, -0.15) is 0 Å². The van der Waals surface area contributed by atoms with Gasteiger partial charge >= 0.3 is 11.9 Å². The van der Waals surface area contributed by atoms with E-state index in [1.807, 2.05) is 0 Å². The van der Waals surface area contributed by atoms with E-state index >= 15 is 0 Å². The predicted molar refractivity (Wildman–Crippen MR) is 62.0 cm³/mol. The Morgan fingerprint density at radius 2 is 1.94 bits per heavy atom. The number of esters is 1. The van der Waals surface area contributed by atoms with E-state index in [2.05, 4.69) is 4.74 Å². The SMILES string of the molecule is COC(=O)c1cc(CCC(=O)O)c(O)c(OC)c1. The molecule has 1 aromatic carbocycles. The number of benzene rings is 1. The third-order valence-electron chi connectivity index (χ3n) is 2.40. The number of hydrogen-bond donors (Lipinski definition) is 2. The van der Waals surface area contributed by atoms with Crippen LogP contribution in [0.2, 0.25) is 0 Å². The first-order valence-corrected chi connectivity index (χ1v) is 5.19. The second kappa shape index (κ2) is 5.90. The molecule has 0 aliphatic rings. The first-order valence-electron chi connectivity index (χ1n) is 5.19. The molecule has 98 valence electrons. The zero-order chi connectivity index (χ0) is 13.7. The number of phenols is 1. The van der Waals surface area contributed by atoms with E-state index in [1.54, 1.807) is 0 Å². The summed E-state index contributed by atoms with van der Waals surface area (Å²) in [4.78, 5) is 21.9. The molecule has 1 aromatic rings. The average molecular weight is 254 g/mol. The number of carboxylic acid groups (broad SMARTS) is 1. The maximum Gasteiger partial charge on any atom is 0.337 e. The standard InChI is InChI=1S/C12H14O6/c1-17-9-6-8(12(16)18-2)5-7(11(9)15)3-4-10(13)14/h5-6,15H,3-4H2,1-2H3,(H,13,14). The van der Waals surface area contributed by atoms with Gasteiger partial charge in [-0.3, -0.25) is 4.79 Å². The molecule has 0 spiro atoms. The topological polar surface area (TPSA) is 93.1 Å². The molecule has 0 unspecified atom stereocenters. The Labute approximate surface area is 104 Å². The van der Waals surface area contributed by atoms with Gasteiger partial charge in [0.2, 0.25) is 0 Å². The Morgan fingerprint density at radius 1 is 1.28 bits per heavy atom. The fourth-order valence-corrected chi connectivity index (χ4v) is 1.49. The molecule has 2 N–H and O–H groups in total. The molecule has 0 saturated carbocycles. The van der Waals surface area contributed by atoms with E-state index in [0.29, 0.717) is 5.56 Å². The van der Waals surface area contributed by atoms with Gasteiger partial charge in [0, 0.05) is 6.42 Å². The quantitative estimate of drug-likeness (QED) is 0.767. The van der Waals surface area contributed by atoms with Gasteiger partial charge in [0.1, 0.15) is 0 Å². The minimum Gasteiger partial charge on any atom is -0.504 e. The van der Waals surface area contributed by atoms with E-state index in [-0.39, 0.29) is 29.9 Å². The molecular formula is C12H14O6. The molecular weight excluding hydrogens is 240 g/mol. The number of carboxylic acids is 1. The van der Waals surface area contributed by atoms with E-state index in [0.717, 1.165) is 0 Å². The lowest BCUT2D eigenvalue weighted by molar-refractivity contribution is -0.136. The Kier molecular flexibility index (Phi) is 4.53. The Bertz CT molecular complexity index is 466. The monoisotopic (exact) mass is 254 g/mol. The molecule has 0 aliphatic heterocycles. The van der Waals surface area contributed by atoms with Crippen LogP contribution in [0, 0.1) is 0 Å². The summed E-state index contributed by atoms with van der Waals surface area (Å²) >= 11 is 0. The lowest BCUT2D eigenvalue weighted by Gasteiger charge is -2.10. The smallest absolute Gasteiger partial charge is 0.337 e. The summed E-state index contributed by atoms with van der Waals surface area (Å²) in [5.41, 5.74) is 0.532. The van der Waals surface area contributed by atoms with Crippen molar-refractivity contribution < 1.29 is 29.3 Å². The molecule has 0 atom stereocenters. The van der Waals surface area contributed by atoms with Gasteiger partial charge in [-0.05, 0) is 24.1 Å². The highest BCUT2D eigenvalue weighted by Gasteiger charge is 2.15. The summed E-state index contributed by atoms with van der Waals surface area (Å²) in [6.07, 6.45) is -0.0519. The van der Waals surface area contributed by atoms with E-state index in [1.165, 1.54) is 26.4 Å². The molecule has 0 fully saturated rings. The van der Waals surface area contributed by atoms with Crippen LogP contribution in [0.5, 0.6) is 11.5 Å². The lowest BCUT2D eigenvalue weighted by atomic mass is 10.0. The molecule has 6 nitrogen and oxygen atoms in total. The number of phenolic OH excluding ortho intramolecular Hbond substituents is 1. The summed E-state index contributed by atoms with van der Waals surface area (Å²) in [6.45, 7) is 0. The summed E-state index contributed by atoms with van der Waals surface area (Å²) in [7, 11) is 2.58. The highest BCUT2D eigenvalue weighted by atomic mass is 16.5. The van der Waals surface area contributed by atoms with Crippen LogP contribution in [0.1, 0.15) is 22.3 Å². The third-order valence-corrected chi connectivity index (χ3v) is 2.40. The van der Waals surface area contributed by atoms with Gasteiger partial charge in [0.25, 0.3) is 0 Å². The lowest BCUT2D eigenvalue weighted by Crippen LogP contribution is -2.04. The number of aromatic hydroxyl groups is 1. The number of carbonyl (C=O) groups is 2. The van der Waals surface area contributed by atoms with Gasteiger partial charge in [-0.15, -0.1) is 0 Å². The zero-order valence-corrected chi connectivity index (χ0v) is 10.1. The summed E-state index contributed by atoms with van der Waals surface area (Å²) in [5, 5.41) is 18.4. The van der Waals surface area contributed by atoms with Crippen molar-refractivity contribution in [2.24, 2.45) is 0 Å². The van der Waals surface area contributed by atoms with Crippen molar-refractivity contribution in [3.63, 3.8) is 0 Å². The predicted octanol–water partition coefficient (Wildman–Crippen LogP) is 1.20. The number of methoxy groups -OCH3 is 2. The van der Waals surface area contributed by atoms with Gasteiger partial charge < -0.3 is 19.7 Å². The van der Waals surface area contributed by atoms with E-state index < -0.39 is 11.9 Å². The molecule has 18 heavy (non-hydrogen) atoms. The largest absolute Gasteiger partial charge is 0.504 e. The first kappa shape index (κ1) is 13.8. The number of rotatable bonds is 5. The van der Waals surface area contributed by atoms with Crippen molar-refractivity contribution in [3.05, 3.63) is 23.3 Å². The fraction of sp³-hybridized carbons (Fsp3) is 0.333. The van der Waals surface area contributed by atoms with Crippen LogP contribution in [-0.4, -0.2) is 36.4 Å². The second-order valence-electron chi connectivity index (χ2n) is 3.57. The molecule has 0 heterocycles. The van der Waals surface area contributed by atoms with Crippen molar-refractivity contribution in [1.29, 1.82) is 0 Å². The normalized spacial score (nSPS) is 9.89. The highest BCUT2D eigenvalue weighted by molar-refractivity contribution is 5.90. The van der Waals surface area contributed by atoms with Crippen molar-refractivity contribution in [2.75, 3.05) is 14.2 Å². The summed E-state index contributed by atoms with van der Waals surface area (Å²) in [6, 6.07) is 2.73. The zero-order valence-electron chi connectivity index (χ0n) is 10.1. The second-order valence-corrected chi connectivity index (χ2v) is 3.57. The van der Waals surface area contributed by atoms with Crippen LogP contribution in [0.3, 0.4) is 0 Å². The van der Waals surface area contributed by atoms with Crippen LogP contribution in [0.25, 0.3) is 0 Å². The summed E-state index contributed by atoms with van der Waals surface area (Å²) in [5.74, 6) is -1.62. The van der Waals surface area contributed by atoms with Gasteiger partial charge in [0.05, 0.1) is 19.8 Å². The van der Waals surface area contributed by atoms with E-state index in [9.17, 15) is 14.7 Å². The average Bonchev–Trinajstić information content (AvgIpc) is 2.36. The molecule has 6 heteroatoms. The van der Waals surface area contributed by atoms with Gasteiger partial charge in [-0.1, -0.05) is 0 Å². The Hall–Kier alpha value is -2.24. The van der Waals surface area contributed by atoms with Crippen LogP contribution < -0.4 is 4.74 Å². The van der Waals surface area contributed by atoms with E-state index in [4.69, 9.17) is 9.84 Å². The number of ether oxygens (including phenoxy) is 2. The van der Waals surface area contributed by atoms with Crippen LogP contribution >= 0.6 is 0 Å². The minimum absolute atomic E-state index is 0.0996. The molecule has 1 rings (SSSR count).